The zero-order valence-electron chi connectivity index (χ0n) is 12.2. The first-order chi connectivity index (χ1) is 7.41. The zero-order valence-corrected chi connectivity index (χ0v) is 14.2. The molecular formula is C13H30OSi2. The first kappa shape index (κ1) is 14.5. The molecule has 1 fully saturated rings. The molecule has 0 aromatic carbocycles. The Kier molecular flexibility index (Phi) is 4.47. The zero-order chi connectivity index (χ0) is 12.4. The van der Waals surface area contributed by atoms with Crippen LogP contribution in [0.15, 0.2) is 0 Å². The second kappa shape index (κ2) is 4.95. The Labute approximate surface area is 104 Å². The molecule has 0 unspecified atom stereocenters. The van der Waals surface area contributed by atoms with E-state index >= 15 is 0 Å². The van der Waals surface area contributed by atoms with Gasteiger partial charge in [0.1, 0.15) is 0 Å². The van der Waals surface area contributed by atoms with Crippen LogP contribution in [0.3, 0.4) is 0 Å². The third-order valence-corrected chi connectivity index (χ3v) is 22.9. The largest absolute Gasteiger partial charge is 0.414 e. The van der Waals surface area contributed by atoms with Crippen LogP contribution in [0.1, 0.15) is 47.0 Å². The molecule has 1 heterocycles. The van der Waals surface area contributed by atoms with Crippen LogP contribution in [0, 0.1) is 0 Å². The van der Waals surface area contributed by atoms with Gasteiger partial charge in [-0.25, -0.2) is 0 Å². The minimum absolute atomic E-state index is 0.251. The highest BCUT2D eigenvalue weighted by Crippen LogP contribution is 2.45. The average molecular weight is 259 g/mol. The van der Waals surface area contributed by atoms with E-state index in [4.69, 9.17) is 4.43 Å². The van der Waals surface area contributed by atoms with E-state index in [0.717, 1.165) is 0 Å². The highest BCUT2D eigenvalue weighted by atomic mass is 29.3. The van der Waals surface area contributed by atoms with Gasteiger partial charge in [-0.1, -0.05) is 46.8 Å². The fourth-order valence-corrected chi connectivity index (χ4v) is 18.2. The summed E-state index contributed by atoms with van der Waals surface area (Å²) in [6.45, 7) is 14.6. The van der Waals surface area contributed by atoms with Crippen molar-refractivity contribution in [3.05, 3.63) is 0 Å². The molecular weight excluding hydrogens is 228 g/mol. The van der Waals surface area contributed by atoms with Gasteiger partial charge < -0.3 is 4.43 Å². The Morgan fingerprint density at radius 3 is 1.88 bits per heavy atom. The summed E-state index contributed by atoms with van der Waals surface area (Å²) in [6.07, 6.45) is 3.75. The predicted molar refractivity (Wildman–Crippen MR) is 78.0 cm³/mol. The van der Waals surface area contributed by atoms with Crippen molar-refractivity contribution in [2.24, 2.45) is 0 Å². The molecule has 0 saturated carbocycles. The number of hydrogen-bond donors (Lipinski definition) is 0. The van der Waals surface area contributed by atoms with Crippen molar-refractivity contribution < 1.29 is 4.43 Å². The predicted octanol–water partition coefficient (Wildman–Crippen LogP) is 4.74. The van der Waals surface area contributed by atoms with E-state index < -0.39 is 15.4 Å². The van der Waals surface area contributed by atoms with Crippen molar-refractivity contribution >= 4 is 15.4 Å². The minimum Gasteiger partial charge on any atom is -0.414 e. The molecule has 1 rings (SSSR count). The van der Waals surface area contributed by atoms with Crippen LogP contribution in [-0.4, -0.2) is 21.0 Å². The average Bonchev–Trinajstić information content (AvgIpc) is 2.30. The van der Waals surface area contributed by atoms with Gasteiger partial charge in [0.2, 0.25) is 0 Å². The first-order valence-corrected chi connectivity index (χ1v) is 13.6. The fourth-order valence-electron chi connectivity index (χ4n) is 3.47. The Bertz CT molecular complexity index is 230. The van der Waals surface area contributed by atoms with Gasteiger partial charge in [-0.2, -0.15) is 0 Å². The van der Waals surface area contributed by atoms with Gasteiger partial charge in [-0.15, -0.1) is 0 Å². The molecule has 1 aliphatic rings. The number of hydrogen-bond acceptors (Lipinski definition) is 1. The molecule has 0 bridgehead atoms. The van der Waals surface area contributed by atoms with Crippen molar-refractivity contribution in [2.45, 2.75) is 83.8 Å². The van der Waals surface area contributed by atoms with E-state index in [1.165, 1.54) is 37.4 Å². The van der Waals surface area contributed by atoms with Gasteiger partial charge in [-0.05, 0) is 31.4 Å². The molecule has 0 spiro atoms. The topological polar surface area (TPSA) is 9.23 Å². The standard InChI is InChI=1S/C13H30OSi2/c1-7-13(8-2)11-12-15(5,6)16(9-3,10-4)14-13/h7-12H2,1-6H3. The maximum absolute atomic E-state index is 6.87. The molecule has 0 radical (unpaired) electrons. The molecule has 1 saturated heterocycles. The van der Waals surface area contributed by atoms with Gasteiger partial charge in [-0.3, -0.25) is 0 Å². The maximum atomic E-state index is 6.87. The minimum atomic E-state index is -1.40. The molecule has 3 heteroatoms. The molecule has 0 amide bonds. The van der Waals surface area contributed by atoms with Crippen LogP contribution in [0.4, 0.5) is 0 Å². The Morgan fingerprint density at radius 1 is 1.00 bits per heavy atom. The Morgan fingerprint density at radius 2 is 1.50 bits per heavy atom. The molecule has 0 N–H and O–H groups in total. The smallest absolute Gasteiger partial charge is 0.179 e. The summed E-state index contributed by atoms with van der Waals surface area (Å²) in [5.41, 5.74) is 0.251. The van der Waals surface area contributed by atoms with Gasteiger partial charge in [0, 0.05) is 0 Å². The van der Waals surface area contributed by atoms with Crippen molar-refractivity contribution in [1.82, 2.24) is 0 Å². The second-order valence-electron chi connectivity index (χ2n) is 6.08. The first-order valence-electron chi connectivity index (χ1n) is 7.11. The second-order valence-corrected chi connectivity index (χ2v) is 20.7. The van der Waals surface area contributed by atoms with E-state index in [1.807, 2.05) is 0 Å². The molecule has 0 aromatic heterocycles. The van der Waals surface area contributed by atoms with E-state index in [9.17, 15) is 0 Å². The summed E-state index contributed by atoms with van der Waals surface area (Å²) >= 11 is 0. The summed E-state index contributed by atoms with van der Waals surface area (Å²) in [5.74, 6) is 0. The highest BCUT2D eigenvalue weighted by molar-refractivity contribution is 7.39. The molecule has 1 aliphatic heterocycles. The van der Waals surface area contributed by atoms with Crippen molar-refractivity contribution in [2.75, 3.05) is 0 Å². The fraction of sp³-hybridized carbons (Fsp3) is 1.00. The Balaban J connectivity index is 3.01. The van der Waals surface area contributed by atoms with Gasteiger partial charge in [0.25, 0.3) is 0 Å². The van der Waals surface area contributed by atoms with E-state index in [1.54, 1.807) is 0 Å². The van der Waals surface area contributed by atoms with Crippen LogP contribution in [0.25, 0.3) is 0 Å². The van der Waals surface area contributed by atoms with Crippen LogP contribution in [0.5, 0.6) is 0 Å². The lowest BCUT2D eigenvalue weighted by Gasteiger charge is -2.54. The summed E-state index contributed by atoms with van der Waals surface area (Å²) in [5, 5.41) is 0. The molecule has 0 aliphatic carbocycles. The van der Waals surface area contributed by atoms with E-state index in [2.05, 4.69) is 40.8 Å². The van der Waals surface area contributed by atoms with E-state index in [0.29, 0.717) is 0 Å². The van der Waals surface area contributed by atoms with Crippen LogP contribution < -0.4 is 0 Å². The molecule has 1 nitrogen and oxygen atoms in total. The maximum Gasteiger partial charge on any atom is 0.179 e. The van der Waals surface area contributed by atoms with Crippen LogP contribution >= 0.6 is 0 Å². The summed E-state index contributed by atoms with van der Waals surface area (Å²) in [4.78, 5) is 0. The monoisotopic (exact) mass is 258 g/mol. The summed E-state index contributed by atoms with van der Waals surface area (Å²) < 4.78 is 6.87. The van der Waals surface area contributed by atoms with Crippen LogP contribution in [0.2, 0.25) is 31.2 Å². The molecule has 0 aromatic rings. The molecule has 16 heavy (non-hydrogen) atoms. The third kappa shape index (κ3) is 2.18. The number of rotatable bonds is 4. The lowest BCUT2D eigenvalue weighted by Crippen LogP contribution is -2.67. The normalized spacial score (nSPS) is 26.6. The van der Waals surface area contributed by atoms with Crippen molar-refractivity contribution in [3.8, 4) is 0 Å². The quantitative estimate of drug-likeness (QED) is 0.662. The van der Waals surface area contributed by atoms with Crippen molar-refractivity contribution in [1.29, 1.82) is 0 Å². The lowest BCUT2D eigenvalue weighted by molar-refractivity contribution is 0.0420. The van der Waals surface area contributed by atoms with Crippen LogP contribution in [-0.2, 0) is 4.43 Å². The summed E-state index contributed by atoms with van der Waals surface area (Å²) in [7, 11) is -2.47. The molecule has 0 atom stereocenters. The molecule has 96 valence electrons. The third-order valence-electron chi connectivity index (χ3n) is 5.28. The van der Waals surface area contributed by atoms with Gasteiger partial charge in [0.05, 0.1) is 13.2 Å². The lowest BCUT2D eigenvalue weighted by atomic mass is 9.94. The highest BCUT2D eigenvalue weighted by Gasteiger charge is 2.55. The summed E-state index contributed by atoms with van der Waals surface area (Å²) in [6, 6.07) is 4.18. The SMILES string of the molecule is CCC1(CC)CC[Si](C)(C)[Si](CC)(CC)O1. The van der Waals surface area contributed by atoms with Crippen molar-refractivity contribution in [3.63, 3.8) is 0 Å². The Hall–Kier alpha value is 0.394. The van der Waals surface area contributed by atoms with Gasteiger partial charge in [0.15, 0.2) is 7.83 Å². The van der Waals surface area contributed by atoms with Gasteiger partial charge >= 0.3 is 0 Å². The van der Waals surface area contributed by atoms with E-state index in [-0.39, 0.29) is 5.60 Å².